The van der Waals surface area contributed by atoms with Crippen molar-refractivity contribution in [1.29, 1.82) is 0 Å². The Morgan fingerprint density at radius 1 is 1.03 bits per heavy atom. The van der Waals surface area contributed by atoms with Crippen molar-refractivity contribution in [2.45, 2.75) is 44.9 Å². The van der Waals surface area contributed by atoms with E-state index in [1.807, 2.05) is 12.1 Å². The summed E-state index contributed by atoms with van der Waals surface area (Å²) in [5, 5.41) is 14.5. The second kappa shape index (κ2) is 16.8. The molecule has 1 saturated carbocycles. The van der Waals surface area contributed by atoms with Crippen LogP contribution in [0.25, 0.3) is 0 Å². The number of carbonyl (C=O) groups excluding carboxylic acids is 2. The summed E-state index contributed by atoms with van der Waals surface area (Å²) in [7, 11) is 0. The summed E-state index contributed by atoms with van der Waals surface area (Å²) < 4.78 is 12.4. The minimum atomic E-state index is -0.819. The summed E-state index contributed by atoms with van der Waals surface area (Å²) in [4.78, 5) is 36.7. The molecule has 4 rings (SSSR count). The first-order valence-electron chi connectivity index (χ1n) is 13.3. The van der Waals surface area contributed by atoms with Crippen molar-refractivity contribution >= 4 is 23.5 Å². The fourth-order valence-corrected chi connectivity index (χ4v) is 3.76. The molecule has 9 nitrogen and oxygen atoms in total. The van der Waals surface area contributed by atoms with Gasteiger partial charge in [0.15, 0.2) is 0 Å². The Morgan fingerprint density at radius 3 is 2.10 bits per heavy atom. The normalized spacial score (nSPS) is 14.9. The highest BCUT2D eigenvalue weighted by molar-refractivity contribution is 5.96. The van der Waals surface area contributed by atoms with E-state index in [0.29, 0.717) is 31.5 Å². The summed E-state index contributed by atoms with van der Waals surface area (Å²) in [6.07, 6.45) is 7.49. The summed E-state index contributed by atoms with van der Waals surface area (Å²) in [6, 6.07) is 13.6. The van der Waals surface area contributed by atoms with Crippen LogP contribution in [0.15, 0.2) is 60.9 Å². The van der Waals surface area contributed by atoms with Crippen LogP contribution in [-0.4, -0.2) is 54.0 Å². The van der Waals surface area contributed by atoms with Crippen LogP contribution in [0, 0.1) is 11.7 Å². The molecule has 2 aromatic carbocycles. The number of likely N-dealkylation sites (tertiary alicyclic amines) is 1. The number of carboxylic acids is 1. The molecule has 212 valence electrons. The predicted octanol–water partition coefficient (Wildman–Crippen LogP) is 3.64. The van der Waals surface area contributed by atoms with E-state index in [1.54, 1.807) is 35.4 Å². The number of aliphatic carboxylic acids is 1. The van der Waals surface area contributed by atoms with Crippen LogP contribution >= 0.6 is 0 Å². The van der Waals surface area contributed by atoms with E-state index in [-0.39, 0.29) is 30.1 Å². The van der Waals surface area contributed by atoms with Crippen molar-refractivity contribution in [3.8, 4) is 0 Å². The van der Waals surface area contributed by atoms with Gasteiger partial charge in [0.1, 0.15) is 5.82 Å². The number of anilines is 1. The molecule has 0 aromatic heterocycles. The predicted molar refractivity (Wildman–Crippen MR) is 150 cm³/mol. The van der Waals surface area contributed by atoms with Gasteiger partial charge in [-0.3, -0.25) is 14.4 Å². The zero-order valence-corrected chi connectivity index (χ0v) is 22.4. The summed E-state index contributed by atoms with van der Waals surface area (Å²) in [5.74, 6) is -1.15. The number of nitrogens with zero attached hydrogens (tertiary/aromatic N) is 1. The molecule has 0 atom stereocenters. The molecule has 7 N–H and O–H groups in total. The average Bonchev–Trinajstić information content (AvgIpc) is 3.81. The van der Waals surface area contributed by atoms with Crippen molar-refractivity contribution in [2.75, 3.05) is 31.5 Å². The molecular weight excluding hydrogens is 501 g/mol. The van der Waals surface area contributed by atoms with Gasteiger partial charge in [-0.25, -0.2) is 4.39 Å². The zero-order chi connectivity index (χ0) is 28.6. The number of rotatable bonds is 8. The lowest BCUT2D eigenvalue weighted by atomic mass is 9.97. The molecule has 0 unspecified atom stereocenters. The number of benzene rings is 2. The van der Waals surface area contributed by atoms with E-state index in [1.165, 1.54) is 36.7 Å². The van der Waals surface area contributed by atoms with Crippen LogP contribution in [0.5, 0.6) is 0 Å². The van der Waals surface area contributed by atoms with E-state index in [0.717, 1.165) is 24.6 Å². The number of piperidine rings is 1. The van der Waals surface area contributed by atoms with Crippen molar-refractivity contribution < 1.29 is 23.9 Å². The first-order valence-corrected chi connectivity index (χ1v) is 13.3. The van der Waals surface area contributed by atoms with Gasteiger partial charge >= 0.3 is 5.97 Å². The highest BCUT2D eigenvalue weighted by atomic mass is 19.1. The smallest absolute Gasteiger partial charge is 0.306 e. The molecule has 10 heteroatoms. The van der Waals surface area contributed by atoms with E-state index < -0.39 is 5.97 Å². The molecule has 1 aliphatic carbocycles. The Labute approximate surface area is 229 Å². The van der Waals surface area contributed by atoms with Crippen molar-refractivity contribution in [3.63, 3.8) is 0 Å². The maximum absolute atomic E-state index is 12.4. The Bertz CT molecular complexity index is 1060. The molecule has 2 aromatic rings. The van der Waals surface area contributed by atoms with E-state index in [9.17, 15) is 18.8 Å². The van der Waals surface area contributed by atoms with Crippen LogP contribution in [0.1, 0.15) is 60.9 Å². The van der Waals surface area contributed by atoms with Gasteiger partial charge in [-0.15, -0.1) is 0 Å². The quantitative estimate of drug-likeness (QED) is 0.342. The number of nitrogens with two attached hydrogens (primary N) is 2. The Hall–Kier alpha value is -3.92. The number of hydrogen-bond donors (Lipinski definition) is 5. The maximum atomic E-state index is 12.4. The molecule has 1 heterocycles. The van der Waals surface area contributed by atoms with Crippen molar-refractivity contribution in [2.24, 2.45) is 17.4 Å². The molecule has 0 bridgehead atoms. The lowest BCUT2D eigenvalue weighted by Gasteiger charge is -2.30. The molecule has 0 radical (unpaired) electrons. The van der Waals surface area contributed by atoms with Gasteiger partial charge in [0.25, 0.3) is 5.91 Å². The first-order chi connectivity index (χ1) is 18.8. The van der Waals surface area contributed by atoms with Gasteiger partial charge in [0.2, 0.25) is 5.91 Å². The van der Waals surface area contributed by atoms with E-state index in [2.05, 4.69) is 17.6 Å². The minimum Gasteiger partial charge on any atom is -0.481 e. The highest BCUT2D eigenvalue weighted by Crippen LogP contribution is 2.39. The van der Waals surface area contributed by atoms with Gasteiger partial charge < -0.3 is 32.1 Å². The first kappa shape index (κ1) is 31.3. The van der Waals surface area contributed by atoms with Crippen LogP contribution in [0.2, 0.25) is 0 Å². The largest absolute Gasteiger partial charge is 0.481 e. The summed E-state index contributed by atoms with van der Waals surface area (Å²) >= 11 is 0. The number of carboxylic acid groups (broad SMARTS) is 1. The summed E-state index contributed by atoms with van der Waals surface area (Å²) in [5.41, 5.74) is 12.8. The second-order valence-electron chi connectivity index (χ2n) is 9.37. The van der Waals surface area contributed by atoms with Gasteiger partial charge in [-0.05, 0) is 86.5 Å². The Kier molecular flexibility index (Phi) is 13.5. The molecule has 2 amide bonds. The minimum absolute atomic E-state index is 0.105. The van der Waals surface area contributed by atoms with Crippen molar-refractivity contribution in [1.82, 2.24) is 10.2 Å². The number of hydrogen-bond acceptors (Lipinski definition) is 6. The monoisotopic (exact) mass is 541 g/mol. The number of carbonyl (C=O) groups is 3. The molecule has 1 saturated heterocycles. The van der Waals surface area contributed by atoms with Crippen LogP contribution in [-0.2, 0) is 9.59 Å². The van der Waals surface area contributed by atoms with Crippen LogP contribution in [0.3, 0.4) is 0 Å². The third kappa shape index (κ3) is 11.6. The molecular formula is C29H40FN5O4. The number of amides is 2. The third-order valence-electron chi connectivity index (χ3n) is 6.30. The zero-order valence-electron chi connectivity index (χ0n) is 22.4. The summed E-state index contributed by atoms with van der Waals surface area (Å²) in [6.45, 7) is 3.58. The Morgan fingerprint density at radius 2 is 1.62 bits per heavy atom. The molecule has 0 spiro atoms. The highest BCUT2D eigenvalue weighted by Gasteiger charge is 2.27. The van der Waals surface area contributed by atoms with E-state index in [4.69, 9.17) is 16.6 Å². The van der Waals surface area contributed by atoms with Gasteiger partial charge in [-0.2, -0.15) is 0 Å². The lowest BCUT2D eigenvalue weighted by Crippen LogP contribution is -2.45. The molecule has 2 aliphatic rings. The number of nitrogens with one attached hydrogen (secondary N) is 2. The van der Waals surface area contributed by atoms with Crippen LogP contribution < -0.4 is 22.1 Å². The van der Waals surface area contributed by atoms with Crippen molar-refractivity contribution in [3.05, 3.63) is 77.9 Å². The SMILES string of the molecule is CCCN.Fc1ccc(C2CC2)cc1.N/C=C\Nc1ccc(C(=O)NCC(=O)N2CCC(C(=O)O)CC2)cc1. The van der Waals surface area contributed by atoms with E-state index >= 15 is 0 Å². The van der Waals surface area contributed by atoms with Gasteiger partial charge in [-0.1, -0.05) is 19.1 Å². The molecule has 1 aliphatic heterocycles. The molecule has 2 fully saturated rings. The van der Waals surface area contributed by atoms with Gasteiger partial charge in [0.05, 0.1) is 12.5 Å². The standard InChI is InChI=1S/C17H22N4O4.C9H9F.C3H9N/c18-7-8-19-14-3-1-12(2-4-14)16(23)20-11-15(22)21-9-5-13(6-10-21)17(24)25;10-9-5-3-8(4-6-9)7-1-2-7;1-2-3-4/h1-4,7-8,13,19H,5-6,9-11,18H2,(H,20,23)(H,24,25);3-7H,1-2H2;2-4H2,1H3/b8-7-;;. The number of halogens is 1. The topological polar surface area (TPSA) is 151 Å². The Balaban J connectivity index is 0.000000310. The third-order valence-corrected chi connectivity index (χ3v) is 6.30. The molecule has 39 heavy (non-hydrogen) atoms. The maximum Gasteiger partial charge on any atom is 0.306 e. The van der Waals surface area contributed by atoms with Gasteiger partial charge in [0, 0.05) is 36.7 Å². The average molecular weight is 542 g/mol. The fourth-order valence-electron chi connectivity index (χ4n) is 3.76. The second-order valence-corrected chi connectivity index (χ2v) is 9.37. The lowest BCUT2D eigenvalue weighted by molar-refractivity contribution is -0.145. The van der Waals surface area contributed by atoms with Crippen LogP contribution in [0.4, 0.5) is 10.1 Å². The fraction of sp³-hybridized carbons (Fsp3) is 0.414.